The number of nitrogens with one attached hydrogen (secondary N) is 2. The van der Waals surface area contributed by atoms with E-state index in [1.165, 1.54) is 14.8 Å². The second kappa shape index (κ2) is 8.24. The molecule has 0 fully saturated rings. The Bertz CT molecular complexity index is 630. The van der Waals surface area contributed by atoms with Gasteiger partial charge in [-0.2, -0.15) is 0 Å². The van der Waals surface area contributed by atoms with Crippen molar-refractivity contribution < 1.29 is 0 Å². The fourth-order valence-corrected chi connectivity index (χ4v) is 3.78. The fourth-order valence-electron chi connectivity index (χ4n) is 2.04. The highest BCUT2D eigenvalue weighted by Gasteiger charge is 2.06. The van der Waals surface area contributed by atoms with Crippen molar-refractivity contribution in [3.8, 4) is 0 Å². The molecule has 0 saturated heterocycles. The Labute approximate surface area is 139 Å². The number of guanidine groups is 1. The second-order valence-corrected chi connectivity index (χ2v) is 7.41. The largest absolute Gasteiger partial charge is 0.356 e. The van der Waals surface area contributed by atoms with Crippen molar-refractivity contribution >= 4 is 28.6 Å². The van der Waals surface area contributed by atoms with Gasteiger partial charge in [-0.25, -0.2) is 9.97 Å². The molecule has 0 aliphatic carbocycles. The molecule has 0 bridgehead atoms. The van der Waals surface area contributed by atoms with Crippen molar-refractivity contribution in [1.29, 1.82) is 0 Å². The van der Waals surface area contributed by atoms with Crippen LogP contribution >= 0.6 is 22.7 Å². The Morgan fingerprint density at radius 3 is 2.68 bits per heavy atom. The topological polar surface area (TPSA) is 62.2 Å². The number of rotatable bonds is 6. The van der Waals surface area contributed by atoms with E-state index in [1.54, 1.807) is 29.7 Å². The lowest BCUT2D eigenvalue weighted by atomic mass is 10.4. The van der Waals surface area contributed by atoms with Crippen LogP contribution in [0.3, 0.4) is 0 Å². The van der Waals surface area contributed by atoms with Gasteiger partial charge < -0.3 is 10.6 Å². The molecular weight excluding hydrogens is 314 g/mol. The van der Waals surface area contributed by atoms with E-state index in [4.69, 9.17) is 0 Å². The van der Waals surface area contributed by atoms with Crippen molar-refractivity contribution in [3.05, 3.63) is 31.7 Å². The average Bonchev–Trinajstić information content (AvgIpc) is 3.09. The number of aliphatic imine (C=N–C) groups is 1. The molecule has 0 unspecified atom stereocenters. The lowest BCUT2D eigenvalue weighted by Crippen LogP contribution is -2.37. The normalized spacial score (nSPS) is 11.7. The number of thiazole rings is 2. The summed E-state index contributed by atoms with van der Waals surface area (Å²) < 4.78 is 0. The minimum absolute atomic E-state index is 0.758. The third-order valence-electron chi connectivity index (χ3n) is 3.22. The molecule has 22 heavy (non-hydrogen) atoms. The summed E-state index contributed by atoms with van der Waals surface area (Å²) in [6, 6.07) is 0. The first kappa shape index (κ1) is 16.9. The number of aromatic nitrogens is 2. The molecule has 0 aromatic carbocycles. The maximum absolute atomic E-state index is 4.44. The van der Waals surface area contributed by atoms with Crippen molar-refractivity contribution in [2.75, 3.05) is 13.6 Å². The minimum Gasteiger partial charge on any atom is -0.356 e. The molecule has 2 N–H and O–H groups in total. The summed E-state index contributed by atoms with van der Waals surface area (Å²) in [5, 5.41) is 8.95. The number of hydrogen-bond acceptors (Lipinski definition) is 5. The van der Waals surface area contributed by atoms with Crippen molar-refractivity contribution in [3.63, 3.8) is 0 Å². The molecule has 5 nitrogen and oxygen atoms in total. The van der Waals surface area contributed by atoms with Crippen LogP contribution in [-0.4, -0.2) is 29.5 Å². The van der Waals surface area contributed by atoms with Crippen LogP contribution in [-0.2, 0) is 19.4 Å². The Balaban J connectivity index is 1.76. The highest BCUT2D eigenvalue weighted by Crippen LogP contribution is 2.16. The van der Waals surface area contributed by atoms with E-state index >= 15 is 0 Å². The zero-order valence-electron chi connectivity index (χ0n) is 13.6. The van der Waals surface area contributed by atoms with E-state index in [0.717, 1.165) is 42.6 Å². The van der Waals surface area contributed by atoms with Gasteiger partial charge in [0.05, 0.1) is 22.3 Å². The SMILES string of the molecule is CCc1cnc(CCNC(=NC)NCc2sc(C)nc2C)s1. The molecule has 0 spiro atoms. The second-order valence-electron chi connectivity index (χ2n) is 4.92. The van der Waals surface area contributed by atoms with Gasteiger partial charge in [-0.15, -0.1) is 22.7 Å². The average molecular weight is 338 g/mol. The standard InChI is InChI=1S/C15H23N5S2/c1-5-12-8-18-14(22-12)6-7-17-15(16-4)19-9-13-10(2)20-11(3)21-13/h8H,5-7,9H2,1-4H3,(H2,16,17,19). The van der Waals surface area contributed by atoms with Crippen LogP contribution in [0, 0.1) is 13.8 Å². The van der Waals surface area contributed by atoms with E-state index < -0.39 is 0 Å². The highest BCUT2D eigenvalue weighted by molar-refractivity contribution is 7.11. The highest BCUT2D eigenvalue weighted by atomic mass is 32.1. The van der Waals surface area contributed by atoms with E-state index in [9.17, 15) is 0 Å². The summed E-state index contributed by atoms with van der Waals surface area (Å²) in [5.41, 5.74) is 1.10. The summed E-state index contributed by atoms with van der Waals surface area (Å²) in [4.78, 5) is 15.7. The lowest BCUT2D eigenvalue weighted by Gasteiger charge is -2.10. The van der Waals surface area contributed by atoms with Crippen LogP contribution in [0.25, 0.3) is 0 Å². The van der Waals surface area contributed by atoms with E-state index in [0.29, 0.717) is 0 Å². The zero-order chi connectivity index (χ0) is 15.9. The molecule has 120 valence electrons. The first-order valence-electron chi connectivity index (χ1n) is 7.43. The van der Waals surface area contributed by atoms with E-state index in [2.05, 4.69) is 32.5 Å². The molecular formula is C15H23N5S2. The maximum Gasteiger partial charge on any atom is 0.191 e. The summed E-state index contributed by atoms with van der Waals surface area (Å²) in [5.74, 6) is 0.817. The van der Waals surface area contributed by atoms with Gasteiger partial charge in [-0.05, 0) is 20.3 Å². The van der Waals surface area contributed by atoms with Crippen LogP contribution in [0.15, 0.2) is 11.2 Å². The molecule has 2 heterocycles. The summed E-state index contributed by atoms with van der Waals surface area (Å²) in [6.07, 6.45) is 3.95. The molecule has 0 saturated carbocycles. The van der Waals surface area contributed by atoms with E-state index in [1.807, 2.05) is 20.0 Å². The molecule has 2 rings (SSSR count). The summed E-state index contributed by atoms with van der Waals surface area (Å²) in [7, 11) is 1.79. The molecule has 0 aliphatic rings. The molecule has 2 aromatic rings. The predicted molar refractivity (Wildman–Crippen MR) is 95.0 cm³/mol. The zero-order valence-corrected chi connectivity index (χ0v) is 15.2. The van der Waals surface area contributed by atoms with Gasteiger partial charge in [0.15, 0.2) is 5.96 Å². The van der Waals surface area contributed by atoms with Crippen molar-refractivity contribution in [2.45, 2.75) is 40.2 Å². The molecule has 0 aliphatic heterocycles. The maximum atomic E-state index is 4.44. The van der Waals surface area contributed by atoms with Gasteiger partial charge in [0, 0.05) is 36.0 Å². The van der Waals surface area contributed by atoms with Gasteiger partial charge in [0.2, 0.25) is 0 Å². The van der Waals surface area contributed by atoms with Gasteiger partial charge in [0.25, 0.3) is 0 Å². The number of aryl methyl sites for hydroxylation is 3. The lowest BCUT2D eigenvalue weighted by molar-refractivity contribution is 0.793. The van der Waals surface area contributed by atoms with Crippen LogP contribution in [0.1, 0.15) is 32.4 Å². The molecule has 0 amide bonds. The quantitative estimate of drug-likeness (QED) is 0.628. The van der Waals surface area contributed by atoms with Crippen LogP contribution in [0.5, 0.6) is 0 Å². The molecule has 7 heteroatoms. The monoisotopic (exact) mass is 337 g/mol. The van der Waals surface area contributed by atoms with Crippen LogP contribution < -0.4 is 10.6 Å². The first-order chi connectivity index (χ1) is 10.6. The van der Waals surface area contributed by atoms with Crippen molar-refractivity contribution in [1.82, 2.24) is 20.6 Å². The Kier molecular flexibility index (Phi) is 6.33. The first-order valence-corrected chi connectivity index (χ1v) is 9.06. The number of nitrogens with zero attached hydrogens (tertiary/aromatic N) is 3. The fraction of sp³-hybridized carbons (Fsp3) is 0.533. The van der Waals surface area contributed by atoms with Gasteiger partial charge in [-0.1, -0.05) is 6.92 Å². The summed E-state index contributed by atoms with van der Waals surface area (Å²) >= 11 is 3.52. The van der Waals surface area contributed by atoms with Crippen molar-refractivity contribution in [2.24, 2.45) is 4.99 Å². The van der Waals surface area contributed by atoms with Gasteiger partial charge in [0.1, 0.15) is 0 Å². The summed E-state index contributed by atoms with van der Waals surface area (Å²) in [6.45, 7) is 7.83. The third kappa shape index (κ3) is 4.78. The third-order valence-corrected chi connectivity index (χ3v) is 5.50. The van der Waals surface area contributed by atoms with Crippen LogP contribution in [0.4, 0.5) is 0 Å². The Morgan fingerprint density at radius 1 is 1.27 bits per heavy atom. The van der Waals surface area contributed by atoms with Gasteiger partial charge in [-0.3, -0.25) is 4.99 Å². The Hall–Kier alpha value is -1.47. The minimum atomic E-state index is 0.758. The van der Waals surface area contributed by atoms with E-state index in [-0.39, 0.29) is 0 Å². The Morgan fingerprint density at radius 2 is 2.09 bits per heavy atom. The molecule has 2 aromatic heterocycles. The number of hydrogen-bond donors (Lipinski definition) is 2. The van der Waals surface area contributed by atoms with Crippen LogP contribution in [0.2, 0.25) is 0 Å². The predicted octanol–water partition coefficient (Wildman–Crippen LogP) is 2.69. The van der Waals surface area contributed by atoms with Gasteiger partial charge >= 0.3 is 0 Å². The molecule has 0 atom stereocenters. The smallest absolute Gasteiger partial charge is 0.191 e. The molecule has 0 radical (unpaired) electrons.